The lowest BCUT2D eigenvalue weighted by Crippen LogP contribution is -2.01. The van der Waals surface area contributed by atoms with Crippen LogP contribution >= 0.6 is 0 Å². The predicted molar refractivity (Wildman–Crippen MR) is 216 cm³/mol. The monoisotopic (exact) mass is 663 g/mol. The van der Waals surface area contributed by atoms with Crippen LogP contribution in [-0.2, 0) is 0 Å². The molecule has 0 spiro atoms. The molecule has 0 radical (unpaired) electrons. The number of nitrogens with zero attached hydrogens (tertiary/aromatic N) is 1. The first-order valence-electron chi connectivity index (χ1n) is 17.6. The highest BCUT2D eigenvalue weighted by atomic mass is 16.3. The van der Waals surface area contributed by atoms with Crippen LogP contribution in [0.5, 0.6) is 0 Å². The number of fused-ring (bicyclic) bond motifs is 8. The average Bonchev–Trinajstić information content (AvgIpc) is 3.74. The van der Waals surface area contributed by atoms with Gasteiger partial charge in [0.1, 0.15) is 11.2 Å². The highest BCUT2D eigenvalue weighted by Gasteiger charge is 2.20. The molecule has 0 bridgehead atoms. The van der Waals surface area contributed by atoms with E-state index in [1.807, 2.05) is 42.5 Å². The third kappa shape index (κ3) is 4.23. The number of hydrogen-bond donors (Lipinski definition) is 0. The van der Waals surface area contributed by atoms with Crippen LogP contribution in [-0.4, -0.2) is 4.40 Å². The van der Waals surface area contributed by atoms with E-state index in [1.165, 1.54) is 60.3 Å². The lowest BCUT2D eigenvalue weighted by Gasteiger charge is -2.13. The number of aromatic nitrogens is 1. The van der Waals surface area contributed by atoms with Crippen molar-refractivity contribution >= 4 is 60.0 Å². The number of rotatable bonds is 4. The SMILES string of the molecule is O=c1c2ccccc2oc2ccc(-c3ccc(-c4cc(-c5ccccc5)cc(-c5cccc6c5c5cccc7c8ccccc8n6c75)c4)cc3)cc12. The van der Waals surface area contributed by atoms with E-state index >= 15 is 0 Å². The molecule has 0 atom stereocenters. The summed E-state index contributed by atoms with van der Waals surface area (Å²) in [7, 11) is 0. The van der Waals surface area contributed by atoms with Crippen molar-refractivity contribution < 1.29 is 4.42 Å². The molecular formula is C49H29NO2. The molecule has 0 fully saturated rings. The van der Waals surface area contributed by atoms with Gasteiger partial charge in [0.15, 0.2) is 0 Å². The van der Waals surface area contributed by atoms with Gasteiger partial charge in [-0.25, -0.2) is 0 Å². The van der Waals surface area contributed by atoms with Gasteiger partial charge in [0, 0.05) is 21.5 Å². The zero-order valence-corrected chi connectivity index (χ0v) is 28.0. The smallest absolute Gasteiger partial charge is 0.200 e. The molecule has 11 aromatic rings. The van der Waals surface area contributed by atoms with Gasteiger partial charge >= 0.3 is 0 Å². The first-order chi connectivity index (χ1) is 25.7. The maximum absolute atomic E-state index is 13.4. The summed E-state index contributed by atoms with van der Waals surface area (Å²) in [6.07, 6.45) is 0. The summed E-state index contributed by atoms with van der Waals surface area (Å²) in [5, 5.41) is 6.30. The number of hydrogen-bond acceptors (Lipinski definition) is 2. The molecule has 52 heavy (non-hydrogen) atoms. The minimum atomic E-state index is -0.00913. The van der Waals surface area contributed by atoms with Crippen LogP contribution in [0.2, 0.25) is 0 Å². The Morgan fingerprint density at radius 2 is 0.942 bits per heavy atom. The predicted octanol–water partition coefficient (Wildman–Crippen LogP) is 12.8. The van der Waals surface area contributed by atoms with E-state index in [0.29, 0.717) is 21.9 Å². The molecule has 0 aliphatic rings. The Morgan fingerprint density at radius 3 is 1.77 bits per heavy atom. The van der Waals surface area contributed by atoms with Crippen LogP contribution in [0.15, 0.2) is 185 Å². The van der Waals surface area contributed by atoms with Crippen molar-refractivity contribution in [3.05, 3.63) is 186 Å². The van der Waals surface area contributed by atoms with Crippen LogP contribution < -0.4 is 5.43 Å². The zero-order valence-electron chi connectivity index (χ0n) is 28.0. The van der Waals surface area contributed by atoms with E-state index in [4.69, 9.17) is 4.42 Å². The normalized spacial score (nSPS) is 11.9. The van der Waals surface area contributed by atoms with E-state index in [0.717, 1.165) is 22.3 Å². The zero-order chi connectivity index (χ0) is 34.3. The van der Waals surface area contributed by atoms with Crippen LogP contribution in [0.25, 0.3) is 105 Å². The summed E-state index contributed by atoms with van der Waals surface area (Å²) >= 11 is 0. The fourth-order valence-corrected chi connectivity index (χ4v) is 8.31. The van der Waals surface area contributed by atoms with Crippen LogP contribution in [0.4, 0.5) is 0 Å². The molecule has 0 aliphatic heterocycles. The van der Waals surface area contributed by atoms with Gasteiger partial charge in [0.2, 0.25) is 5.43 Å². The lowest BCUT2D eigenvalue weighted by molar-refractivity contribution is 0.660. The van der Waals surface area contributed by atoms with Crippen LogP contribution in [0.3, 0.4) is 0 Å². The van der Waals surface area contributed by atoms with Gasteiger partial charge in [-0.15, -0.1) is 0 Å². The van der Waals surface area contributed by atoms with E-state index < -0.39 is 0 Å². The molecule has 3 heterocycles. The molecule has 8 aromatic carbocycles. The number of benzene rings is 8. The lowest BCUT2D eigenvalue weighted by atomic mass is 9.91. The second-order valence-electron chi connectivity index (χ2n) is 13.6. The fraction of sp³-hybridized carbons (Fsp3) is 0. The maximum Gasteiger partial charge on any atom is 0.200 e. The van der Waals surface area contributed by atoms with Gasteiger partial charge in [-0.2, -0.15) is 0 Å². The van der Waals surface area contributed by atoms with Crippen molar-refractivity contribution in [1.82, 2.24) is 4.40 Å². The maximum atomic E-state index is 13.4. The molecule has 3 heteroatoms. The Labute approximate surface area is 298 Å². The Morgan fingerprint density at radius 1 is 0.365 bits per heavy atom. The minimum absolute atomic E-state index is 0.00913. The highest BCUT2D eigenvalue weighted by molar-refractivity contribution is 6.26. The second kappa shape index (κ2) is 11.0. The molecule has 0 N–H and O–H groups in total. The van der Waals surface area contributed by atoms with Crippen LogP contribution in [0.1, 0.15) is 0 Å². The van der Waals surface area contributed by atoms with E-state index in [1.54, 1.807) is 0 Å². The molecule has 11 rings (SSSR count). The number of para-hydroxylation sites is 3. The largest absolute Gasteiger partial charge is 0.456 e. The first kappa shape index (κ1) is 28.8. The molecule has 0 unspecified atom stereocenters. The molecule has 0 aliphatic carbocycles. The van der Waals surface area contributed by atoms with Crippen molar-refractivity contribution in [3.8, 4) is 44.5 Å². The standard InChI is InChI=1S/C49H29NO2/c51-49-40-13-5-7-19-45(40)52-46-25-24-33(29-42(46)49)31-20-22-32(23-21-31)35-26-34(30-10-2-1-3-11-30)27-36(28-35)37-14-9-18-44-47(37)41-16-8-15-39-38-12-4-6-17-43(38)50(44)48(39)41/h1-29H. The molecule has 0 saturated carbocycles. The molecular weight excluding hydrogens is 635 g/mol. The van der Waals surface area contributed by atoms with Gasteiger partial charge in [0.25, 0.3) is 0 Å². The molecule has 0 amide bonds. The molecule has 3 nitrogen and oxygen atoms in total. The first-order valence-corrected chi connectivity index (χ1v) is 17.6. The summed E-state index contributed by atoms with van der Waals surface area (Å²) in [5.41, 5.74) is 14.0. The van der Waals surface area contributed by atoms with Crippen molar-refractivity contribution in [3.63, 3.8) is 0 Å². The van der Waals surface area contributed by atoms with Gasteiger partial charge in [-0.3, -0.25) is 4.79 Å². The Kier molecular flexibility index (Phi) is 6.11. The topological polar surface area (TPSA) is 34.6 Å². The summed E-state index contributed by atoms with van der Waals surface area (Å²) in [5.74, 6) is 0. The van der Waals surface area contributed by atoms with Crippen molar-refractivity contribution in [1.29, 1.82) is 0 Å². The average molecular weight is 664 g/mol. The Bertz CT molecular complexity index is 3240. The quantitative estimate of drug-likeness (QED) is 0.176. The summed E-state index contributed by atoms with van der Waals surface area (Å²) < 4.78 is 8.51. The fourth-order valence-electron chi connectivity index (χ4n) is 8.31. The van der Waals surface area contributed by atoms with Crippen molar-refractivity contribution in [2.75, 3.05) is 0 Å². The Hall–Kier alpha value is -6.97. The third-order valence-electron chi connectivity index (χ3n) is 10.7. The summed E-state index contributed by atoms with van der Waals surface area (Å²) in [6.45, 7) is 0. The second-order valence-corrected chi connectivity index (χ2v) is 13.6. The van der Waals surface area contributed by atoms with E-state index in [-0.39, 0.29) is 5.43 Å². The molecule has 0 saturated heterocycles. The van der Waals surface area contributed by atoms with E-state index in [9.17, 15) is 4.79 Å². The van der Waals surface area contributed by atoms with E-state index in [2.05, 4.69) is 138 Å². The molecule has 3 aromatic heterocycles. The van der Waals surface area contributed by atoms with Crippen LogP contribution in [0, 0.1) is 0 Å². The van der Waals surface area contributed by atoms with Gasteiger partial charge in [0.05, 0.1) is 27.3 Å². The minimum Gasteiger partial charge on any atom is -0.456 e. The highest BCUT2D eigenvalue weighted by Crippen LogP contribution is 2.44. The summed E-state index contributed by atoms with van der Waals surface area (Å²) in [6, 6.07) is 61.7. The summed E-state index contributed by atoms with van der Waals surface area (Å²) in [4.78, 5) is 13.4. The van der Waals surface area contributed by atoms with Crippen molar-refractivity contribution in [2.45, 2.75) is 0 Å². The van der Waals surface area contributed by atoms with Gasteiger partial charge in [-0.05, 0) is 99.1 Å². The Balaban J connectivity index is 1.07. The molecule has 242 valence electrons. The van der Waals surface area contributed by atoms with Gasteiger partial charge < -0.3 is 8.82 Å². The van der Waals surface area contributed by atoms with Crippen molar-refractivity contribution in [2.24, 2.45) is 0 Å². The van der Waals surface area contributed by atoms with Gasteiger partial charge in [-0.1, -0.05) is 121 Å². The third-order valence-corrected chi connectivity index (χ3v) is 10.7.